The monoisotopic (exact) mass is 291 g/mol. The van der Waals surface area contributed by atoms with Crippen molar-refractivity contribution in [3.63, 3.8) is 0 Å². The molecule has 0 heterocycles. The van der Waals surface area contributed by atoms with Gasteiger partial charge in [-0.1, -0.05) is 47.5 Å². The van der Waals surface area contributed by atoms with Crippen molar-refractivity contribution >= 4 is 0 Å². The van der Waals surface area contributed by atoms with Crippen LogP contribution in [-0.4, -0.2) is 5.54 Å². The maximum atomic E-state index is 7.27. The van der Waals surface area contributed by atoms with Crippen molar-refractivity contribution in [3.8, 4) is 0 Å². The standard InChI is InChI=1S/C20H37N/c1-6-15-10-13-20(21)16-9-8-14(3)19(16,5)12-11-17(20)18(15,4)7-2/h14-17H,6-13,21H2,1-5H3. The molecule has 3 aliphatic carbocycles. The van der Waals surface area contributed by atoms with Gasteiger partial charge in [-0.2, -0.15) is 0 Å². The van der Waals surface area contributed by atoms with Gasteiger partial charge in [-0.25, -0.2) is 0 Å². The zero-order valence-corrected chi connectivity index (χ0v) is 15.0. The summed E-state index contributed by atoms with van der Waals surface area (Å²) in [5.74, 6) is 3.31. The van der Waals surface area contributed by atoms with Crippen molar-refractivity contribution in [1.82, 2.24) is 0 Å². The highest BCUT2D eigenvalue weighted by Crippen LogP contribution is 2.66. The molecule has 0 spiro atoms. The Morgan fingerprint density at radius 1 is 0.952 bits per heavy atom. The molecule has 3 fully saturated rings. The molecule has 3 saturated carbocycles. The largest absolute Gasteiger partial charge is 0.325 e. The lowest BCUT2D eigenvalue weighted by atomic mass is 9.43. The first kappa shape index (κ1) is 15.8. The molecule has 122 valence electrons. The van der Waals surface area contributed by atoms with E-state index in [1.807, 2.05) is 0 Å². The summed E-state index contributed by atoms with van der Waals surface area (Å²) in [7, 11) is 0. The SMILES string of the molecule is CCC1CCC2(N)C3CCC(C)C3(C)CCC2C1(C)CC. The first-order valence-corrected chi connectivity index (χ1v) is 9.61. The summed E-state index contributed by atoms with van der Waals surface area (Å²) in [5.41, 5.74) is 8.41. The average molecular weight is 292 g/mol. The second-order valence-corrected chi connectivity index (χ2v) is 9.24. The predicted octanol–water partition coefficient (Wildman–Crippen LogP) is 5.38. The molecule has 2 N–H and O–H groups in total. The minimum absolute atomic E-state index is 0.133. The van der Waals surface area contributed by atoms with Crippen LogP contribution in [0.4, 0.5) is 0 Å². The Bertz CT molecular complexity index is 405. The summed E-state index contributed by atoms with van der Waals surface area (Å²) < 4.78 is 0. The van der Waals surface area contributed by atoms with E-state index in [9.17, 15) is 0 Å². The third kappa shape index (κ3) is 1.92. The molecule has 3 rings (SSSR count). The first-order chi connectivity index (χ1) is 9.83. The van der Waals surface area contributed by atoms with E-state index in [4.69, 9.17) is 5.73 Å². The van der Waals surface area contributed by atoms with Crippen LogP contribution in [0, 0.1) is 34.5 Å². The maximum Gasteiger partial charge on any atom is 0.0222 e. The topological polar surface area (TPSA) is 26.0 Å². The fourth-order valence-corrected chi connectivity index (χ4v) is 7.23. The second kappa shape index (κ2) is 4.98. The molecule has 0 amide bonds. The van der Waals surface area contributed by atoms with E-state index >= 15 is 0 Å². The molecule has 1 nitrogen and oxygen atoms in total. The van der Waals surface area contributed by atoms with E-state index in [-0.39, 0.29) is 5.54 Å². The summed E-state index contributed by atoms with van der Waals surface area (Å²) in [4.78, 5) is 0. The van der Waals surface area contributed by atoms with Crippen LogP contribution in [0.25, 0.3) is 0 Å². The number of hydrogen-bond acceptors (Lipinski definition) is 1. The Balaban J connectivity index is 1.99. The highest BCUT2D eigenvalue weighted by atomic mass is 14.9. The molecule has 0 saturated heterocycles. The van der Waals surface area contributed by atoms with E-state index in [1.54, 1.807) is 0 Å². The number of nitrogens with two attached hydrogens (primary N) is 1. The van der Waals surface area contributed by atoms with E-state index in [0.29, 0.717) is 10.8 Å². The summed E-state index contributed by atoms with van der Waals surface area (Å²) >= 11 is 0. The van der Waals surface area contributed by atoms with Crippen molar-refractivity contribution in [2.45, 2.75) is 91.5 Å². The molecule has 3 aliphatic rings. The van der Waals surface area contributed by atoms with Gasteiger partial charge in [0.2, 0.25) is 0 Å². The summed E-state index contributed by atoms with van der Waals surface area (Å²) in [6.45, 7) is 12.4. The molecule has 0 aromatic heterocycles. The minimum Gasteiger partial charge on any atom is -0.325 e. The van der Waals surface area contributed by atoms with E-state index in [1.165, 1.54) is 51.4 Å². The Morgan fingerprint density at radius 3 is 2.29 bits per heavy atom. The Labute approximate surface area is 132 Å². The van der Waals surface area contributed by atoms with Gasteiger partial charge in [0, 0.05) is 5.54 Å². The van der Waals surface area contributed by atoms with Crippen LogP contribution in [-0.2, 0) is 0 Å². The van der Waals surface area contributed by atoms with Gasteiger partial charge in [-0.3, -0.25) is 0 Å². The van der Waals surface area contributed by atoms with Crippen LogP contribution in [0.15, 0.2) is 0 Å². The van der Waals surface area contributed by atoms with Gasteiger partial charge in [0.25, 0.3) is 0 Å². The fourth-order valence-electron chi connectivity index (χ4n) is 7.23. The van der Waals surface area contributed by atoms with Gasteiger partial charge in [0.1, 0.15) is 0 Å². The number of rotatable bonds is 2. The van der Waals surface area contributed by atoms with Crippen LogP contribution >= 0.6 is 0 Å². The molecule has 0 aromatic rings. The van der Waals surface area contributed by atoms with Crippen molar-refractivity contribution in [1.29, 1.82) is 0 Å². The molecule has 21 heavy (non-hydrogen) atoms. The fraction of sp³-hybridized carbons (Fsp3) is 1.00. The quantitative estimate of drug-likeness (QED) is 0.726. The summed E-state index contributed by atoms with van der Waals surface area (Å²) in [6.07, 6.45) is 10.9. The van der Waals surface area contributed by atoms with Gasteiger partial charge >= 0.3 is 0 Å². The smallest absolute Gasteiger partial charge is 0.0222 e. The molecular weight excluding hydrogens is 254 g/mol. The van der Waals surface area contributed by atoms with Gasteiger partial charge in [0.05, 0.1) is 0 Å². The zero-order chi connectivity index (χ0) is 15.5. The van der Waals surface area contributed by atoms with Crippen LogP contribution in [0.5, 0.6) is 0 Å². The summed E-state index contributed by atoms with van der Waals surface area (Å²) in [5, 5.41) is 0. The lowest BCUT2D eigenvalue weighted by Crippen LogP contribution is -2.67. The van der Waals surface area contributed by atoms with Crippen LogP contribution in [0.3, 0.4) is 0 Å². The van der Waals surface area contributed by atoms with Crippen molar-refractivity contribution in [3.05, 3.63) is 0 Å². The normalized spacial score (nSPS) is 56.9. The highest BCUT2D eigenvalue weighted by molar-refractivity contribution is 5.16. The Kier molecular flexibility index (Phi) is 3.76. The van der Waals surface area contributed by atoms with Gasteiger partial charge in [-0.05, 0) is 73.0 Å². The maximum absolute atomic E-state index is 7.27. The molecule has 7 unspecified atom stereocenters. The first-order valence-electron chi connectivity index (χ1n) is 9.61. The third-order valence-electron chi connectivity index (χ3n) is 8.99. The molecule has 0 radical (unpaired) electrons. The van der Waals surface area contributed by atoms with Gasteiger partial charge < -0.3 is 5.73 Å². The minimum atomic E-state index is 0.133. The zero-order valence-electron chi connectivity index (χ0n) is 15.0. The predicted molar refractivity (Wildman–Crippen MR) is 91.1 cm³/mol. The number of fused-ring (bicyclic) bond motifs is 3. The van der Waals surface area contributed by atoms with E-state index in [0.717, 1.165) is 23.7 Å². The molecule has 1 heteroatoms. The Hall–Kier alpha value is -0.0400. The second-order valence-electron chi connectivity index (χ2n) is 9.24. The van der Waals surface area contributed by atoms with Crippen LogP contribution in [0.1, 0.15) is 86.0 Å². The third-order valence-corrected chi connectivity index (χ3v) is 8.99. The lowest BCUT2D eigenvalue weighted by molar-refractivity contribution is -0.113. The molecular formula is C20H37N. The molecule has 0 aliphatic heterocycles. The van der Waals surface area contributed by atoms with E-state index in [2.05, 4.69) is 34.6 Å². The van der Waals surface area contributed by atoms with Gasteiger partial charge in [-0.15, -0.1) is 0 Å². The van der Waals surface area contributed by atoms with Crippen LogP contribution < -0.4 is 5.73 Å². The Morgan fingerprint density at radius 2 is 1.67 bits per heavy atom. The average Bonchev–Trinajstić information content (AvgIpc) is 2.76. The molecule has 7 atom stereocenters. The van der Waals surface area contributed by atoms with Crippen molar-refractivity contribution < 1.29 is 0 Å². The number of hydrogen-bond donors (Lipinski definition) is 1. The molecule has 0 bridgehead atoms. The van der Waals surface area contributed by atoms with Crippen molar-refractivity contribution in [2.75, 3.05) is 0 Å². The molecule has 0 aromatic carbocycles. The lowest BCUT2D eigenvalue weighted by Gasteiger charge is -2.64. The summed E-state index contributed by atoms with van der Waals surface area (Å²) in [6, 6.07) is 0. The van der Waals surface area contributed by atoms with Gasteiger partial charge in [0.15, 0.2) is 0 Å². The van der Waals surface area contributed by atoms with Crippen molar-refractivity contribution in [2.24, 2.45) is 40.2 Å². The van der Waals surface area contributed by atoms with Crippen LogP contribution in [0.2, 0.25) is 0 Å². The highest BCUT2D eigenvalue weighted by Gasteiger charge is 2.63. The van der Waals surface area contributed by atoms with E-state index < -0.39 is 0 Å².